The standard InChI is InChI=1S/C16H21NO8/c1-8(19)17-12-14(21)13(20)11(7-18)25-16(12)24-10-5-3-9(4-6-10)15(22)23-2/h3-6,11-14,16,18,20-21H,7H2,1-2H3,(H,17,19)/t11-,12+,13+,14+,16-/m0/s1. The van der Waals surface area contributed by atoms with Gasteiger partial charge in [-0.05, 0) is 24.3 Å². The summed E-state index contributed by atoms with van der Waals surface area (Å²) >= 11 is 0. The zero-order chi connectivity index (χ0) is 18.6. The number of hydrogen-bond donors (Lipinski definition) is 4. The van der Waals surface area contributed by atoms with E-state index in [0.717, 1.165) is 0 Å². The molecule has 5 atom stereocenters. The second-order valence-electron chi connectivity index (χ2n) is 5.57. The van der Waals surface area contributed by atoms with Gasteiger partial charge < -0.3 is 34.8 Å². The Bertz CT molecular complexity index is 605. The SMILES string of the molecule is COC(=O)c1ccc(O[C@H]2O[C@@H](CO)[C@@H](O)[C@H](O)[C@H]2NC(C)=O)cc1. The summed E-state index contributed by atoms with van der Waals surface area (Å²) in [5.41, 5.74) is 0.321. The van der Waals surface area contributed by atoms with Crippen molar-refractivity contribution in [1.29, 1.82) is 0 Å². The first kappa shape index (κ1) is 19.1. The van der Waals surface area contributed by atoms with Crippen LogP contribution < -0.4 is 10.1 Å². The first-order valence-corrected chi connectivity index (χ1v) is 7.62. The third kappa shape index (κ3) is 4.45. The number of hydrogen-bond acceptors (Lipinski definition) is 8. The molecular formula is C16H21NO8. The van der Waals surface area contributed by atoms with E-state index in [2.05, 4.69) is 10.1 Å². The second-order valence-corrected chi connectivity index (χ2v) is 5.57. The summed E-state index contributed by atoms with van der Waals surface area (Å²) in [6.45, 7) is 0.714. The number of benzene rings is 1. The first-order valence-electron chi connectivity index (χ1n) is 7.62. The molecule has 25 heavy (non-hydrogen) atoms. The lowest BCUT2D eigenvalue weighted by atomic mass is 9.97. The summed E-state index contributed by atoms with van der Waals surface area (Å²) in [7, 11) is 1.27. The van der Waals surface area contributed by atoms with E-state index in [0.29, 0.717) is 11.3 Å². The average molecular weight is 355 g/mol. The number of aliphatic hydroxyl groups excluding tert-OH is 3. The topological polar surface area (TPSA) is 135 Å². The van der Waals surface area contributed by atoms with Crippen LogP contribution in [0.2, 0.25) is 0 Å². The molecule has 1 amide bonds. The molecule has 4 N–H and O–H groups in total. The van der Waals surface area contributed by atoms with Gasteiger partial charge in [0.25, 0.3) is 0 Å². The number of amides is 1. The monoisotopic (exact) mass is 355 g/mol. The van der Waals surface area contributed by atoms with Crippen LogP contribution in [0.15, 0.2) is 24.3 Å². The van der Waals surface area contributed by atoms with Crippen LogP contribution in [0.1, 0.15) is 17.3 Å². The average Bonchev–Trinajstić information content (AvgIpc) is 2.60. The first-order chi connectivity index (χ1) is 11.9. The quantitative estimate of drug-likeness (QED) is 0.484. The van der Waals surface area contributed by atoms with E-state index in [-0.39, 0.29) is 0 Å². The highest BCUT2D eigenvalue weighted by Crippen LogP contribution is 2.24. The number of methoxy groups -OCH3 is 1. The maximum absolute atomic E-state index is 11.4. The molecule has 9 nitrogen and oxygen atoms in total. The molecule has 9 heteroatoms. The van der Waals surface area contributed by atoms with Crippen LogP contribution in [0.25, 0.3) is 0 Å². The minimum absolute atomic E-state index is 0.299. The molecule has 1 heterocycles. The number of esters is 1. The van der Waals surface area contributed by atoms with Gasteiger partial charge in [-0.15, -0.1) is 0 Å². The molecule has 1 aromatic carbocycles. The Morgan fingerprint density at radius 1 is 1.20 bits per heavy atom. The Kier molecular flexibility index (Phi) is 6.32. The van der Waals surface area contributed by atoms with Gasteiger partial charge in [0.1, 0.15) is 30.1 Å². The van der Waals surface area contributed by atoms with Crippen LogP contribution in [0.4, 0.5) is 0 Å². The lowest BCUT2D eigenvalue weighted by Gasteiger charge is -2.42. The number of ether oxygens (including phenoxy) is 3. The van der Waals surface area contributed by atoms with Gasteiger partial charge in [0.2, 0.25) is 12.2 Å². The maximum atomic E-state index is 11.4. The molecule has 0 aliphatic carbocycles. The molecule has 0 bridgehead atoms. The van der Waals surface area contributed by atoms with Gasteiger partial charge in [0.05, 0.1) is 19.3 Å². The highest BCUT2D eigenvalue weighted by molar-refractivity contribution is 5.89. The van der Waals surface area contributed by atoms with Gasteiger partial charge in [-0.25, -0.2) is 4.79 Å². The van der Waals surface area contributed by atoms with Crippen molar-refractivity contribution in [2.75, 3.05) is 13.7 Å². The largest absolute Gasteiger partial charge is 0.465 e. The van der Waals surface area contributed by atoms with E-state index in [4.69, 9.17) is 9.47 Å². The normalized spacial score (nSPS) is 28.9. The number of aliphatic hydroxyl groups is 3. The minimum atomic E-state index is -1.39. The van der Waals surface area contributed by atoms with Gasteiger partial charge in [-0.1, -0.05) is 0 Å². The Hall–Kier alpha value is -2.20. The van der Waals surface area contributed by atoms with Crippen LogP contribution in [-0.4, -0.2) is 71.6 Å². The van der Waals surface area contributed by atoms with Crippen molar-refractivity contribution in [1.82, 2.24) is 5.32 Å². The maximum Gasteiger partial charge on any atom is 0.337 e. The molecule has 0 aromatic heterocycles. The molecule has 138 valence electrons. The Labute approximate surface area is 144 Å². The van der Waals surface area contributed by atoms with Crippen molar-refractivity contribution in [2.45, 2.75) is 37.6 Å². The predicted molar refractivity (Wildman–Crippen MR) is 83.8 cm³/mol. The van der Waals surface area contributed by atoms with Gasteiger partial charge >= 0.3 is 5.97 Å². The third-order valence-corrected chi connectivity index (χ3v) is 3.78. The summed E-state index contributed by atoms with van der Waals surface area (Å²) in [6, 6.07) is 4.89. The van der Waals surface area contributed by atoms with Gasteiger partial charge in [-0.2, -0.15) is 0 Å². The molecular weight excluding hydrogens is 334 g/mol. The van der Waals surface area contributed by atoms with Crippen LogP contribution in [0, 0.1) is 0 Å². The molecule has 1 saturated heterocycles. The molecule has 0 radical (unpaired) electrons. The lowest BCUT2D eigenvalue weighted by molar-refractivity contribution is -0.244. The van der Waals surface area contributed by atoms with Gasteiger partial charge in [0, 0.05) is 6.92 Å². The highest BCUT2D eigenvalue weighted by atomic mass is 16.7. The summed E-state index contributed by atoms with van der Waals surface area (Å²) in [5, 5.41) is 31.9. The van der Waals surface area contributed by atoms with Crippen molar-refractivity contribution in [3.63, 3.8) is 0 Å². The number of nitrogens with one attached hydrogen (secondary N) is 1. The number of rotatable bonds is 5. The molecule has 0 unspecified atom stereocenters. The molecule has 1 aliphatic heterocycles. The molecule has 1 aromatic rings. The van der Waals surface area contributed by atoms with Crippen LogP contribution in [0.3, 0.4) is 0 Å². The molecule has 0 saturated carbocycles. The summed E-state index contributed by atoms with van der Waals surface area (Å²) < 4.78 is 15.7. The van der Waals surface area contributed by atoms with Crippen molar-refractivity contribution >= 4 is 11.9 Å². The summed E-state index contributed by atoms with van der Waals surface area (Å²) in [5.74, 6) is -0.652. The van der Waals surface area contributed by atoms with Crippen LogP contribution in [0.5, 0.6) is 5.75 Å². The van der Waals surface area contributed by atoms with E-state index in [1.54, 1.807) is 0 Å². The lowest BCUT2D eigenvalue weighted by Crippen LogP contribution is -2.65. The van der Waals surface area contributed by atoms with Gasteiger partial charge in [0.15, 0.2) is 0 Å². The predicted octanol–water partition coefficient (Wildman–Crippen LogP) is -1.20. The zero-order valence-corrected chi connectivity index (χ0v) is 13.8. The molecule has 2 rings (SSSR count). The summed E-state index contributed by atoms with van der Waals surface area (Å²) in [4.78, 5) is 22.8. The fraction of sp³-hybridized carbons (Fsp3) is 0.500. The minimum Gasteiger partial charge on any atom is -0.465 e. The Morgan fingerprint density at radius 3 is 2.36 bits per heavy atom. The van der Waals surface area contributed by atoms with E-state index < -0.39 is 49.1 Å². The van der Waals surface area contributed by atoms with E-state index >= 15 is 0 Å². The van der Waals surface area contributed by atoms with Crippen molar-refractivity contribution < 1.29 is 39.1 Å². The van der Waals surface area contributed by atoms with E-state index in [9.17, 15) is 24.9 Å². The zero-order valence-electron chi connectivity index (χ0n) is 13.8. The second kappa shape index (κ2) is 8.26. The van der Waals surface area contributed by atoms with E-state index in [1.165, 1.54) is 38.3 Å². The third-order valence-electron chi connectivity index (χ3n) is 3.78. The van der Waals surface area contributed by atoms with Crippen LogP contribution in [-0.2, 0) is 14.3 Å². The Morgan fingerprint density at radius 2 is 1.84 bits per heavy atom. The van der Waals surface area contributed by atoms with Crippen molar-refractivity contribution in [3.05, 3.63) is 29.8 Å². The number of carbonyl (C=O) groups excluding carboxylic acids is 2. The van der Waals surface area contributed by atoms with Gasteiger partial charge in [-0.3, -0.25) is 4.79 Å². The molecule has 0 spiro atoms. The smallest absolute Gasteiger partial charge is 0.337 e. The van der Waals surface area contributed by atoms with Crippen LogP contribution >= 0.6 is 0 Å². The van der Waals surface area contributed by atoms with Crippen molar-refractivity contribution in [3.8, 4) is 5.75 Å². The fourth-order valence-corrected chi connectivity index (χ4v) is 2.49. The summed E-state index contributed by atoms with van der Waals surface area (Å²) in [6.07, 6.45) is -5.00. The number of carbonyl (C=O) groups is 2. The molecule has 1 fully saturated rings. The van der Waals surface area contributed by atoms with E-state index in [1.807, 2.05) is 0 Å². The fourth-order valence-electron chi connectivity index (χ4n) is 2.49. The highest BCUT2D eigenvalue weighted by Gasteiger charge is 2.46. The van der Waals surface area contributed by atoms with Crippen molar-refractivity contribution in [2.24, 2.45) is 0 Å². The molecule has 1 aliphatic rings. The Balaban J connectivity index is 2.17.